The van der Waals surface area contributed by atoms with Gasteiger partial charge in [-0.3, -0.25) is 9.63 Å². The van der Waals surface area contributed by atoms with Gasteiger partial charge in [-0.2, -0.15) is 5.06 Å². The molecule has 0 spiro atoms. The van der Waals surface area contributed by atoms with Crippen molar-refractivity contribution >= 4 is 5.97 Å². The highest BCUT2D eigenvalue weighted by Gasteiger charge is 2.07. The van der Waals surface area contributed by atoms with Crippen LogP contribution in [0.1, 0.15) is 20.3 Å². The third-order valence-electron chi connectivity index (χ3n) is 1.10. The molecule has 0 aliphatic heterocycles. The minimum absolute atomic E-state index is 0.0400. The zero-order valence-electron chi connectivity index (χ0n) is 7.04. The van der Waals surface area contributed by atoms with E-state index in [0.717, 1.165) is 6.42 Å². The molecule has 0 atom stereocenters. The molecule has 0 fully saturated rings. The third-order valence-corrected chi connectivity index (χ3v) is 1.10. The fourth-order valence-corrected chi connectivity index (χ4v) is 0.772. The molecule has 66 valence electrons. The van der Waals surface area contributed by atoms with Crippen LogP contribution in [0.5, 0.6) is 0 Å². The van der Waals surface area contributed by atoms with Crippen LogP contribution in [0.2, 0.25) is 0 Å². The molecular formula is C7H15NO3. The van der Waals surface area contributed by atoms with Crippen molar-refractivity contribution in [2.45, 2.75) is 20.3 Å². The number of hydroxylamine groups is 2. The average Bonchev–Trinajstić information content (AvgIpc) is 1.87. The summed E-state index contributed by atoms with van der Waals surface area (Å²) in [6, 6.07) is 0. The van der Waals surface area contributed by atoms with Gasteiger partial charge in [-0.1, -0.05) is 6.92 Å². The van der Waals surface area contributed by atoms with Crippen LogP contribution in [-0.2, 0) is 9.63 Å². The lowest BCUT2D eigenvalue weighted by molar-refractivity contribution is -0.174. The number of hydrogen-bond donors (Lipinski definition) is 1. The number of hydrogen-bond acceptors (Lipinski definition) is 3. The quantitative estimate of drug-likeness (QED) is 0.583. The second-order valence-electron chi connectivity index (χ2n) is 2.18. The Hall–Kier alpha value is -0.610. The van der Waals surface area contributed by atoms with Crippen LogP contribution in [0.3, 0.4) is 0 Å². The maximum atomic E-state index is 10.2. The Kier molecular flexibility index (Phi) is 5.78. The summed E-state index contributed by atoms with van der Waals surface area (Å²) >= 11 is 0. The average molecular weight is 161 g/mol. The summed E-state index contributed by atoms with van der Waals surface area (Å²) < 4.78 is 0. The van der Waals surface area contributed by atoms with Gasteiger partial charge in [0.15, 0.2) is 0 Å². The number of rotatable bonds is 6. The van der Waals surface area contributed by atoms with E-state index in [9.17, 15) is 4.79 Å². The Morgan fingerprint density at radius 3 is 2.55 bits per heavy atom. The smallest absolute Gasteiger partial charge is 0.320 e. The largest absolute Gasteiger partial charge is 0.480 e. The molecule has 0 radical (unpaired) electrons. The van der Waals surface area contributed by atoms with Gasteiger partial charge in [0, 0.05) is 6.54 Å². The summed E-state index contributed by atoms with van der Waals surface area (Å²) in [6.07, 6.45) is 0.896. The number of aliphatic carboxylic acids is 1. The first-order valence-electron chi connectivity index (χ1n) is 3.80. The van der Waals surface area contributed by atoms with Gasteiger partial charge in [0.05, 0.1) is 6.61 Å². The maximum Gasteiger partial charge on any atom is 0.320 e. The van der Waals surface area contributed by atoms with Crippen LogP contribution >= 0.6 is 0 Å². The molecular weight excluding hydrogens is 146 g/mol. The lowest BCUT2D eigenvalue weighted by atomic mass is 10.4. The van der Waals surface area contributed by atoms with E-state index in [4.69, 9.17) is 9.94 Å². The second-order valence-corrected chi connectivity index (χ2v) is 2.18. The minimum Gasteiger partial charge on any atom is -0.480 e. The Morgan fingerprint density at radius 1 is 1.55 bits per heavy atom. The van der Waals surface area contributed by atoms with Crippen LogP contribution < -0.4 is 0 Å². The van der Waals surface area contributed by atoms with Crippen molar-refractivity contribution in [2.75, 3.05) is 19.7 Å². The van der Waals surface area contributed by atoms with Crippen LogP contribution in [0.25, 0.3) is 0 Å². The van der Waals surface area contributed by atoms with E-state index in [1.165, 1.54) is 5.06 Å². The molecule has 0 aromatic rings. The Bertz CT molecular complexity index is 110. The Labute approximate surface area is 66.7 Å². The normalized spacial score (nSPS) is 10.5. The third kappa shape index (κ3) is 5.82. The highest BCUT2D eigenvalue weighted by molar-refractivity contribution is 5.68. The van der Waals surface area contributed by atoms with Crippen molar-refractivity contribution in [1.82, 2.24) is 5.06 Å². The number of carboxylic acids is 1. The van der Waals surface area contributed by atoms with Crippen molar-refractivity contribution in [2.24, 2.45) is 0 Å². The van der Waals surface area contributed by atoms with Crippen molar-refractivity contribution in [1.29, 1.82) is 0 Å². The Balaban J connectivity index is 3.59. The van der Waals surface area contributed by atoms with Crippen molar-refractivity contribution in [3.63, 3.8) is 0 Å². The highest BCUT2D eigenvalue weighted by Crippen LogP contribution is 1.91. The van der Waals surface area contributed by atoms with Gasteiger partial charge in [-0.25, -0.2) is 0 Å². The SMILES string of the molecule is CCCN(CC(=O)O)OCC. The summed E-state index contributed by atoms with van der Waals surface area (Å²) in [6.45, 7) is 4.97. The molecule has 0 heterocycles. The summed E-state index contributed by atoms with van der Waals surface area (Å²) in [7, 11) is 0. The van der Waals surface area contributed by atoms with Gasteiger partial charge in [-0.05, 0) is 13.3 Å². The molecule has 0 aromatic carbocycles. The monoisotopic (exact) mass is 161 g/mol. The molecule has 4 nitrogen and oxygen atoms in total. The molecule has 1 N–H and O–H groups in total. The molecule has 0 aromatic heterocycles. The van der Waals surface area contributed by atoms with Gasteiger partial charge in [0.1, 0.15) is 6.54 Å². The number of carboxylic acid groups (broad SMARTS) is 1. The van der Waals surface area contributed by atoms with Gasteiger partial charge >= 0.3 is 5.97 Å². The summed E-state index contributed by atoms with van der Waals surface area (Å²) in [5.41, 5.74) is 0. The second kappa shape index (κ2) is 6.12. The van der Waals surface area contributed by atoms with Crippen LogP contribution in [0.4, 0.5) is 0 Å². The highest BCUT2D eigenvalue weighted by atomic mass is 16.7. The molecule has 0 aliphatic carbocycles. The summed E-state index contributed by atoms with van der Waals surface area (Å²) in [5.74, 6) is -0.855. The lowest BCUT2D eigenvalue weighted by Crippen LogP contribution is -2.30. The zero-order chi connectivity index (χ0) is 8.69. The molecule has 11 heavy (non-hydrogen) atoms. The molecule has 0 unspecified atom stereocenters. The standard InChI is InChI=1S/C7H15NO3/c1-3-5-8(11-4-2)6-7(9)10/h3-6H2,1-2H3,(H,9,10). The van der Waals surface area contributed by atoms with Gasteiger partial charge in [0.25, 0.3) is 0 Å². The molecule has 4 heteroatoms. The van der Waals surface area contributed by atoms with Gasteiger partial charge in [0.2, 0.25) is 0 Å². The van der Waals surface area contributed by atoms with E-state index in [2.05, 4.69) is 0 Å². The van der Waals surface area contributed by atoms with E-state index in [1.807, 2.05) is 13.8 Å². The predicted molar refractivity (Wildman–Crippen MR) is 41.1 cm³/mol. The van der Waals surface area contributed by atoms with E-state index >= 15 is 0 Å². The van der Waals surface area contributed by atoms with E-state index < -0.39 is 5.97 Å². The first-order valence-corrected chi connectivity index (χ1v) is 3.80. The molecule has 0 rings (SSSR count). The summed E-state index contributed by atoms with van der Waals surface area (Å²) in [5, 5.41) is 9.88. The molecule has 0 aliphatic rings. The topological polar surface area (TPSA) is 49.8 Å². The predicted octanol–water partition coefficient (Wildman–Crippen LogP) is 0.734. The van der Waals surface area contributed by atoms with Crippen LogP contribution in [-0.4, -0.2) is 35.8 Å². The molecule has 0 saturated carbocycles. The van der Waals surface area contributed by atoms with Crippen LogP contribution in [0, 0.1) is 0 Å². The number of carbonyl (C=O) groups is 1. The summed E-state index contributed by atoms with van der Waals surface area (Å²) in [4.78, 5) is 15.3. The molecule has 0 saturated heterocycles. The number of nitrogens with zero attached hydrogens (tertiary/aromatic N) is 1. The Morgan fingerprint density at radius 2 is 2.18 bits per heavy atom. The van der Waals surface area contributed by atoms with Crippen molar-refractivity contribution in [3.05, 3.63) is 0 Å². The minimum atomic E-state index is -0.855. The first kappa shape index (κ1) is 10.4. The lowest BCUT2D eigenvalue weighted by Gasteiger charge is -2.17. The molecule has 0 bridgehead atoms. The van der Waals surface area contributed by atoms with E-state index in [-0.39, 0.29) is 6.54 Å². The van der Waals surface area contributed by atoms with Gasteiger partial charge < -0.3 is 5.11 Å². The van der Waals surface area contributed by atoms with Crippen LogP contribution in [0.15, 0.2) is 0 Å². The van der Waals surface area contributed by atoms with Gasteiger partial charge in [-0.15, -0.1) is 0 Å². The van der Waals surface area contributed by atoms with E-state index in [0.29, 0.717) is 13.2 Å². The van der Waals surface area contributed by atoms with E-state index in [1.54, 1.807) is 0 Å². The first-order chi connectivity index (χ1) is 5.20. The zero-order valence-corrected chi connectivity index (χ0v) is 7.04. The maximum absolute atomic E-state index is 10.2. The van der Waals surface area contributed by atoms with Crippen molar-refractivity contribution < 1.29 is 14.7 Å². The molecule has 0 amide bonds. The van der Waals surface area contributed by atoms with Crippen molar-refractivity contribution in [3.8, 4) is 0 Å². The fraction of sp³-hybridized carbons (Fsp3) is 0.857. The fourth-order valence-electron chi connectivity index (χ4n) is 0.772.